The Bertz CT molecular complexity index is 575. The van der Waals surface area contributed by atoms with Crippen LogP contribution in [0.4, 0.5) is 0 Å². The van der Waals surface area contributed by atoms with E-state index in [4.69, 9.17) is 9.31 Å². The smallest absolute Gasteiger partial charge is 0.398 e. The molecular weight excluding hydrogens is 227 g/mol. The fraction of sp³-hybridized carbons (Fsp3) is 0.462. The molecular formula is C13H17BN2O2. The molecule has 2 aromatic rings. The minimum atomic E-state index is -0.408. The van der Waals surface area contributed by atoms with Crippen molar-refractivity contribution in [3.05, 3.63) is 24.5 Å². The molecule has 0 spiro atoms. The van der Waals surface area contributed by atoms with Crippen molar-refractivity contribution < 1.29 is 9.31 Å². The Hall–Kier alpha value is -1.33. The monoisotopic (exact) mass is 244 g/mol. The summed E-state index contributed by atoms with van der Waals surface area (Å²) in [6, 6.07) is 3.95. The van der Waals surface area contributed by atoms with E-state index in [-0.39, 0.29) is 11.2 Å². The third kappa shape index (κ3) is 1.58. The van der Waals surface area contributed by atoms with E-state index in [1.54, 1.807) is 6.20 Å². The van der Waals surface area contributed by atoms with Gasteiger partial charge < -0.3 is 14.3 Å². The molecule has 5 heteroatoms. The van der Waals surface area contributed by atoms with Gasteiger partial charge in [0.2, 0.25) is 0 Å². The number of rotatable bonds is 1. The van der Waals surface area contributed by atoms with Gasteiger partial charge in [-0.3, -0.25) is 4.98 Å². The Labute approximate surface area is 107 Å². The largest absolute Gasteiger partial charge is 0.515 e. The highest BCUT2D eigenvalue weighted by Crippen LogP contribution is 2.36. The highest BCUT2D eigenvalue weighted by atomic mass is 16.7. The molecule has 0 unspecified atom stereocenters. The highest BCUT2D eigenvalue weighted by molar-refractivity contribution is 6.64. The van der Waals surface area contributed by atoms with Crippen molar-refractivity contribution in [1.82, 2.24) is 9.97 Å². The van der Waals surface area contributed by atoms with Gasteiger partial charge in [-0.1, -0.05) is 0 Å². The molecule has 1 aliphatic rings. The Kier molecular flexibility index (Phi) is 2.34. The van der Waals surface area contributed by atoms with Crippen LogP contribution in [0.25, 0.3) is 10.9 Å². The van der Waals surface area contributed by atoms with E-state index in [1.165, 1.54) is 0 Å². The maximum atomic E-state index is 6.03. The molecule has 4 nitrogen and oxygen atoms in total. The van der Waals surface area contributed by atoms with E-state index in [0.29, 0.717) is 0 Å². The van der Waals surface area contributed by atoms with Crippen LogP contribution < -0.4 is 5.59 Å². The lowest BCUT2D eigenvalue weighted by Crippen LogP contribution is -2.41. The molecule has 1 N–H and O–H groups in total. The van der Waals surface area contributed by atoms with Gasteiger partial charge in [-0.2, -0.15) is 0 Å². The minimum absolute atomic E-state index is 0.335. The number of fused-ring (bicyclic) bond motifs is 1. The van der Waals surface area contributed by atoms with Gasteiger partial charge in [-0.05, 0) is 39.8 Å². The maximum Gasteiger partial charge on any atom is 0.515 e. The van der Waals surface area contributed by atoms with E-state index >= 15 is 0 Å². The molecule has 1 fully saturated rings. The Morgan fingerprint density at radius 2 is 1.78 bits per heavy atom. The molecule has 0 aromatic carbocycles. The number of hydrogen-bond donors (Lipinski definition) is 1. The fourth-order valence-corrected chi connectivity index (χ4v) is 2.15. The first kappa shape index (κ1) is 11.7. The second-order valence-electron chi connectivity index (χ2n) is 5.72. The first-order valence-corrected chi connectivity index (χ1v) is 6.18. The van der Waals surface area contributed by atoms with Crippen LogP contribution in [0, 0.1) is 0 Å². The predicted octanol–water partition coefficient (Wildman–Crippen LogP) is 1.86. The van der Waals surface area contributed by atoms with Gasteiger partial charge in [-0.25, -0.2) is 0 Å². The number of aromatic amines is 1. The van der Waals surface area contributed by atoms with Crippen LogP contribution in [0.15, 0.2) is 24.5 Å². The molecule has 0 bridgehead atoms. The fourth-order valence-electron chi connectivity index (χ4n) is 2.15. The molecule has 3 heterocycles. The van der Waals surface area contributed by atoms with Crippen molar-refractivity contribution in [2.45, 2.75) is 38.9 Å². The lowest BCUT2D eigenvalue weighted by molar-refractivity contribution is 0.00578. The van der Waals surface area contributed by atoms with E-state index in [1.807, 2.05) is 46.0 Å². The average Bonchev–Trinajstić information content (AvgIpc) is 2.81. The normalized spacial score (nSPS) is 21.7. The Morgan fingerprint density at radius 3 is 2.44 bits per heavy atom. The number of nitrogens with one attached hydrogen (secondary N) is 1. The summed E-state index contributed by atoms with van der Waals surface area (Å²) in [6.07, 6.45) is 3.68. The van der Waals surface area contributed by atoms with Gasteiger partial charge >= 0.3 is 7.12 Å². The van der Waals surface area contributed by atoms with Gasteiger partial charge in [0.15, 0.2) is 0 Å². The van der Waals surface area contributed by atoms with Crippen molar-refractivity contribution in [2.75, 3.05) is 0 Å². The van der Waals surface area contributed by atoms with Crippen LogP contribution in [0.3, 0.4) is 0 Å². The van der Waals surface area contributed by atoms with E-state index in [9.17, 15) is 0 Å². The molecule has 0 amide bonds. The Balaban J connectivity index is 2.05. The summed E-state index contributed by atoms with van der Waals surface area (Å²) in [5.74, 6) is 0. The van der Waals surface area contributed by atoms with Crippen LogP contribution in [0.1, 0.15) is 27.7 Å². The molecule has 1 aliphatic heterocycles. The summed E-state index contributed by atoms with van der Waals surface area (Å²) in [5.41, 5.74) is 1.22. The minimum Gasteiger partial charge on any atom is -0.398 e. The second-order valence-corrected chi connectivity index (χ2v) is 5.72. The number of hydrogen-bond acceptors (Lipinski definition) is 3. The summed E-state index contributed by atoms with van der Waals surface area (Å²) < 4.78 is 12.1. The van der Waals surface area contributed by atoms with Gasteiger partial charge in [0, 0.05) is 23.3 Å². The molecule has 0 atom stereocenters. The van der Waals surface area contributed by atoms with Crippen molar-refractivity contribution in [1.29, 1.82) is 0 Å². The summed E-state index contributed by atoms with van der Waals surface area (Å²) >= 11 is 0. The Morgan fingerprint density at radius 1 is 1.11 bits per heavy atom. The third-order valence-corrected chi connectivity index (χ3v) is 3.99. The molecule has 3 rings (SSSR count). The lowest BCUT2D eigenvalue weighted by atomic mass is 9.82. The molecule has 1 saturated heterocycles. The maximum absolute atomic E-state index is 6.03. The van der Waals surface area contributed by atoms with E-state index in [2.05, 4.69) is 9.97 Å². The number of nitrogens with zero attached hydrogens (tertiary/aromatic N) is 1. The van der Waals surface area contributed by atoms with Gasteiger partial charge in [0.25, 0.3) is 0 Å². The molecule has 2 aromatic heterocycles. The SMILES string of the molecule is CC1(C)OB(c2nccc3[nH]ccc23)OC1(C)C. The number of aromatic nitrogens is 2. The first-order chi connectivity index (χ1) is 8.41. The van der Waals surface area contributed by atoms with E-state index in [0.717, 1.165) is 16.5 Å². The topological polar surface area (TPSA) is 47.1 Å². The standard InChI is InChI=1S/C13H17BN2O2/c1-12(2)13(3,4)18-14(17-12)11-9-5-7-15-10(9)6-8-16-11/h5-8,15H,1-4H3. The number of pyridine rings is 1. The van der Waals surface area contributed by atoms with Crippen LogP contribution in [-0.2, 0) is 9.31 Å². The van der Waals surface area contributed by atoms with Gasteiger partial charge in [0.1, 0.15) is 0 Å². The molecule has 94 valence electrons. The molecule has 0 radical (unpaired) electrons. The molecule has 18 heavy (non-hydrogen) atoms. The number of H-pyrrole nitrogens is 1. The summed E-state index contributed by atoms with van der Waals surface area (Å²) in [7, 11) is -0.408. The zero-order valence-electron chi connectivity index (χ0n) is 11.2. The molecule has 0 aliphatic carbocycles. The first-order valence-electron chi connectivity index (χ1n) is 6.18. The van der Waals surface area contributed by atoms with Crippen LogP contribution in [0.2, 0.25) is 0 Å². The summed E-state index contributed by atoms with van der Waals surface area (Å²) in [4.78, 5) is 7.60. The third-order valence-electron chi connectivity index (χ3n) is 3.99. The van der Waals surface area contributed by atoms with Crippen LogP contribution >= 0.6 is 0 Å². The van der Waals surface area contributed by atoms with E-state index < -0.39 is 7.12 Å². The van der Waals surface area contributed by atoms with Gasteiger partial charge in [0.05, 0.1) is 16.8 Å². The van der Waals surface area contributed by atoms with Crippen molar-refractivity contribution >= 4 is 23.6 Å². The van der Waals surface area contributed by atoms with Crippen molar-refractivity contribution in [3.63, 3.8) is 0 Å². The van der Waals surface area contributed by atoms with Gasteiger partial charge in [-0.15, -0.1) is 0 Å². The average molecular weight is 244 g/mol. The zero-order chi connectivity index (χ0) is 13.0. The van der Waals surface area contributed by atoms with Crippen LogP contribution in [-0.4, -0.2) is 28.3 Å². The quantitative estimate of drug-likeness (QED) is 0.779. The second kappa shape index (κ2) is 3.59. The summed E-state index contributed by atoms with van der Waals surface area (Å²) in [6.45, 7) is 8.18. The predicted molar refractivity (Wildman–Crippen MR) is 71.8 cm³/mol. The van der Waals surface area contributed by atoms with Crippen molar-refractivity contribution in [2.24, 2.45) is 0 Å². The van der Waals surface area contributed by atoms with Crippen molar-refractivity contribution in [3.8, 4) is 0 Å². The highest BCUT2D eigenvalue weighted by Gasteiger charge is 2.52. The van der Waals surface area contributed by atoms with Crippen LogP contribution in [0.5, 0.6) is 0 Å². The zero-order valence-corrected chi connectivity index (χ0v) is 11.2. The lowest BCUT2D eigenvalue weighted by Gasteiger charge is -2.32. The summed E-state index contributed by atoms with van der Waals surface area (Å²) in [5, 5.41) is 1.05. The molecule has 0 saturated carbocycles.